The molecular formula is C12H11NO. The molecule has 1 heterocycles. The standard InChI is InChI=1S/C12H11NO/c1-2-4-9-5-3-6-11-10(9)7-8-12(14)13-11/h2-3,5-8H,1,4H2,(H,13,14). The predicted molar refractivity (Wildman–Crippen MR) is 58.5 cm³/mol. The topological polar surface area (TPSA) is 32.9 Å². The fourth-order valence-corrected chi connectivity index (χ4v) is 1.59. The van der Waals surface area contributed by atoms with Crippen LogP contribution < -0.4 is 5.56 Å². The molecule has 1 aromatic carbocycles. The highest BCUT2D eigenvalue weighted by Gasteiger charge is 1.98. The number of benzene rings is 1. The third kappa shape index (κ3) is 1.46. The Hall–Kier alpha value is -1.83. The lowest BCUT2D eigenvalue weighted by Gasteiger charge is -2.02. The minimum atomic E-state index is -0.0618. The van der Waals surface area contributed by atoms with Crippen molar-refractivity contribution in [2.75, 3.05) is 0 Å². The van der Waals surface area contributed by atoms with Gasteiger partial charge in [0.15, 0.2) is 0 Å². The van der Waals surface area contributed by atoms with Crippen LogP contribution >= 0.6 is 0 Å². The first-order valence-electron chi connectivity index (χ1n) is 4.53. The summed E-state index contributed by atoms with van der Waals surface area (Å²) in [5.74, 6) is 0. The number of hydrogen-bond donors (Lipinski definition) is 1. The Labute approximate surface area is 81.9 Å². The van der Waals surface area contributed by atoms with Crippen molar-refractivity contribution in [3.05, 3.63) is 58.9 Å². The number of allylic oxidation sites excluding steroid dienone is 1. The van der Waals surface area contributed by atoms with Gasteiger partial charge in [-0.1, -0.05) is 18.2 Å². The Bertz CT molecular complexity index is 525. The van der Waals surface area contributed by atoms with E-state index in [0.717, 1.165) is 17.3 Å². The first kappa shape index (κ1) is 8.75. The van der Waals surface area contributed by atoms with Crippen LogP contribution in [0.25, 0.3) is 10.9 Å². The fourth-order valence-electron chi connectivity index (χ4n) is 1.59. The minimum absolute atomic E-state index is 0.0618. The monoisotopic (exact) mass is 185 g/mol. The lowest BCUT2D eigenvalue weighted by molar-refractivity contribution is 1.26. The Kier molecular flexibility index (Phi) is 2.19. The number of aromatic nitrogens is 1. The highest BCUT2D eigenvalue weighted by atomic mass is 16.1. The van der Waals surface area contributed by atoms with Gasteiger partial charge in [-0.25, -0.2) is 0 Å². The van der Waals surface area contributed by atoms with Gasteiger partial charge in [0.05, 0.1) is 0 Å². The number of hydrogen-bond acceptors (Lipinski definition) is 1. The van der Waals surface area contributed by atoms with Crippen LogP contribution in [0.1, 0.15) is 5.56 Å². The maximum Gasteiger partial charge on any atom is 0.248 e. The summed E-state index contributed by atoms with van der Waals surface area (Å²) in [5, 5.41) is 1.09. The van der Waals surface area contributed by atoms with E-state index in [4.69, 9.17) is 0 Å². The Morgan fingerprint density at radius 3 is 2.93 bits per heavy atom. The highest BCUT2D eigenvalue weighted by molar-refractivity contribution is 5.82. The Morgan fingerprint density at radius 2 is 2.14 bits per heavy atom. The maximum absolute atomic E-state index is 11.1. The molecule has 0 aliphatic heterocycles. The smallest absolute Gasteiger partial charge is 0.248 e. The molecule has 2 heteroatoms. The highest BCUT2D eigenvalue weighted by Crippen LogP contribution is 2.15. The van der Waals surface area contributed by atoms with Gasteiger partial charge in [0.1, 0.15) is 0 Å². The van der Waals surface area contributed by atoms with E-state index >= 15 is 0 Å². The zero-order chi connectivity index (χ0) is 9.97. The fraction of sp³-hybridized carbons (Fsp3) is 0.0833. The summed E-state index contributed by atoms with van der Waals surface area (Å²) < 4.78 is 0. The van der Waals surface area contributed by atoms with E-state index in [1.165, 1.54) is 5.56 Å². The summed E-state index contributed by atoms with van der Waals surface area (Å²) in [6.07, 6.45) is 2.68. The molecule has 1 N–H and O–H groups in total. The van der Waals surface area contributed by atoms with Crippen molar-refractivity contribution in [3.8, 4) is 0 Å². The molecule has 0 unspecified atom stereocenters. The minimum Gasteiger partial charge on any atom is -0.322 e. The van der Waals surface area contributed by atoms with Crippen LogP contribution in [0.3, 0.4) is 0 Å². The van der Waals surface area contributed by atoms with Crippen LogP contribution in [0, 0.1) is 0 Å². The number of H-pyrrole nitrogens is 1. The van der Waals surface area contributed by atoms with Gasteiger partial charge in [-0.05, 0) is 24.1 Å². The Morgan fingerprint density at radius 1 is 1.29 bits per heavy atom. The second kappa shape index (κ2) is 3.50. The van der Waals surface area contributed by atoms with Gasteiger partial charge in [-0.2, -0.15) is 0 Å². The van der Waals surface area contributed by atoms with Gasteiger partial charge in [-0.3, -0.25) is 4.79 Å². The van der Waals surface area contributed by atoms with Crippen LogP contribution in [-0.2, 0) is 6.42 Å². The van der Waals surface area contributed by atoms with Gasteiger partial charge < -0.3 is 4.98 Å². The van der Waals surface area contributed by atoms with Crippen LogP contribution in [0.2, 0.25) is 0 Å². The van der Waals surface area contributed by atoms with E-state index in [1.807, 2.05) is 30.3 Å². The van der Waals surface area contributed by atoms with Crippen LogP contribution in [0.4, 0.5) is 0 Å². The summed E-state index contributed by atoms with van der Waals surface area (Å²) in [5.41, 5.74) is 2.01. The first-order valence-corrected chi connectivity index (χ1v) is 4.53. The normalized spacial score (nSPS) is 10.3. The molecule has 1 aromatic heterocycles. The van der Waals surface area contributed by atoms with Crippen molar-refractivity contribution in [1.29, 1.82) is 0 Å². The number of aromatic amines is 1. The molecule has 70 valence electrons. The molecule has 0 atom stereocenters. The molecule has 14 heavy (non-hydrogen) atoms. The lowest BCUT2D eigenvalue weighted by Crippen LogP contribution is -2.02. The maximum atomic E-state index is 11.1. The summed E-state index contributed by atoms with van der Waals surface area (Å²) in [6.45, 7) is 3.71. The largest absolute Gasteiger partial charge is 0.322 e. The molecule has 0 radical (unpaired) electrons. The average Bonchev–Trinajstić information content (AvgIpc) is 2.18. The van der Waals surface area contributed by atoms with Gasteiger partial charge in [-0.15, -0.1) is 6.58 Å². The van der Waals surface area contributed by atoms with Gasteiger partial charge in [0.2, 0.25) is 5.56 Å². The van der Waals surface area contributed by atoms with Gasteiger partial charge in [0, 0.05) is 17.0 Å². The molecule has 2 aromatic rings. The molecule has 2 nitrogen and oxygen atoms in total. The summed E-state index contributed by atoms with van der Waals surface area (Å²) in [4.78, 5) is 13.9. The molecule has 2 rings (SSSR count). The van der Waals surface area contributed by atoms with Crippen LogP contribution in [0.15, 0.2) is 47.8 Å². The molecule has 0 amide bonds. The van der Waals surface area contributed by atoms with Crippen molar-refractivity contribution in [2.24, 2.45) is 0 Å². The molecule has 0 aliphatic carbocycles. The molecular weight excluding hydrogens is 174 g/mol. The summed E-state index contributed by atoms with van der Waals surface area (Å²) in [6, 6.07) is 9.30. The van der Waals surface area contributed by atoms with Crippen molar-refractivity contribution in [2.45, 2.75) is 6.42 Å². The molecule has 0 bridgehead atoms. The summed E-state index contributed by atoms with van der Waals surface area (Å²) in [7, 11) is 0. The van der Waals surface area contributed by atoms with Crippen LogP contribution in [-0.4, -0.2) is 4.98 Å². The van der Waals surface area contributed by atoms with Crippen LogP contribution in [0.5, 0.6) is 0 Å². The molecule has 0 fully saturated rings. The van der Waals surface area contributed by atoms with E-state index in [2.05, 4.69) is 11.6 Å². The van der Waals surface area contributed by atoms with E-state index in [9.17, 15) is 4.79 Å². The number of pyridine rings is 1. The average molecular weight is 185 g/mol. The van der Waals surface area contributed by atoms with E-state index < -0.39 is 0 Å². The van der Waals surface area contributed by atoms with Crippen molar-refractivity contribution >= 4 is 10.9 Å². The second-order valence-corrected chi connectivity index (χ2v) is 3.19. The van der Waals surface area contributed by atoms with E-state index in [0.29, 0.717) is 0 Å². The quantitative estimate of drug-likeness (QED) is 0.715. The third-order valence-corrected chi connectivity index (χ3v) is 2.22. The second-order valence-electron chi connectivity index (χ2n) is 3.19. The molecule has 0 aliphatic rings. The van der Waals surface area contributed by atoms with Gasteiger partial charge >= 0.3 is 0 Å². The Balaban J connectivity index is 2.74. The van der Waals surface area contributed by atoms with Crippen molar-refractivity contribution in [1.82, 2.24) is 4.98 Å². The third-order valence-electron chi connectivity index (χ3n) is 2.22. The van der Waals surface area contributed by atoms with Crippen molar-refractivity contribution in [3.63, 3.8) is 0 Å². The number of rotatable bonds is 2. The lowest BCUT2D eigenvalue weighted by atomic mass is 10.1. The first-order chi connectivity index (χ1) is 6.81. The van der Waals surface area contributed by atoms with Crippen molar-refractivity contribution < 1.29 is 0 Å². The number of fused-ring (bicyclic) bond motifs is 1. The molecule has 0 saturated heterocycles. The molecule has 0 spiro atoms. The van der Waals surface area contributed by atoms with E-state index in [1.54, 1.807) is 6.07 Å². The zero-order valence-corrected chi connectivity index (χ0v) is 7.79. The SMILES string of the molecule is C=CCc1cccc2[nH]c(=O)ccc12. The number of nitrogens with one attached hydrogen (secondary N) is 1. The van der Waals surface area contributed by atoms with Gasteiger partial charge in [0.25, 0.3) is 0 Å². The molecule has 0 saturated carbocycles. The zero-order valence-electron chi connectivity index (χ0n) is 7.79. The summed E-state index contributed by atoms with van der Waals surface area (Å²) >= 11 is 0. The predicted octanol–water partition coefficient (Wildman–Crippen LogP) is 2.26. The van der Waals surface area contributed by atoms with E-state index in [-0.39, 0.29) is 5.56 Å².